The van der Waals surface area contributed by atoms with Gasteiger partial charge in [-0.25, -0.2) is 15.0 Å². The lowest BCUT2D eigenvalue weighted by atomic mass is 10.0. The van der Waals surface area contributed by atoms with Crippen molar-refractivity contribution in [3.8, 4) is 0 Å². The second-order valence-corrected chi connectivity index (χ2v) is 7.93. The van der Waals surface area contributed by atoms with Gasteiger partial charge < -0.3 is 16.0 Å². The molecule has 9 heteroatoms. The number of allylic oxidation sites excluding steroid dienone is 1. The zero-order valence-electron chi connectivity index (χ0n) is 17.8. The van der Waals surface area contributed by atoms with Crippen LogP contribution < -0.4 is 16.0 Å². The van der Waals surface area contributed by atoms with Crippen molar-refractivity contribution in [1.29, 1.82) is 0 Å². The number of nitrogens with zero attached hydrogens (tertiary/aromatic N) is 7. The summed E-state index contributed by atoms with van der Waals surface area (Å²) in [6.07, 6.45) is 10.4. The van der Waals surface area contributed by atoms with Gasteiger partial charge in [-0.3, -0.25) is 9.67 Å². The number of hydrogen-bond donors (Lipinski definition) is 2. The van der Waals surface area contributed by atoms with E-state index in [9.17, 15) is 0 Å². The lowest BCUT2D eigenvalue weighted by Gasteiger charge is -2.14. The quantitative estimate of drug-likeness (QED) is 0.626. The summed E-state index contributed by atoms with van der Waals surface area (Å²) in [6, 6.07) is 3.89. The molecule has 0 aliphatic carbocycles. The number of nitrogens with one attached hydrogen (secondary N) is 1. The van der Waals surface area contributed by atoms with Crippen LogP contribution in [0.15, 0.2) is 35.7 Å². The molecule has 3 aromatic heterocycles. The second kappa shape index (κ2) is 8.33. The predicted octanol–water partition coefficient (Wildman–Crippen LogP) is 3.12. The van der Waals surface area contributed by atoms with E-state index >= 15 is 0 Å². The fourth-order valence-electron chi connectivity index (χ4n) is 4.36. The highest BCUT2D eigenvalue weighted by Crippen LogP contribution is 2.31. The highest BCUT2D eigenvalue weighted by Gasteiger charge is 2.21. The Balaban J connectivity index is 1.59. The molecule has 2 aliphatic rings. The first-order valence-corrected chi connectivity index (χ1v) is 10.9. The summed E-state index contributed by atoms with van der Waals surface area (Å²) in [7, 11) is 1.79. The second-order valence-electron chi connectivity index (χ2n) is 7.93. The fourth-order valence-corrected chi connectivity index (χ4v) is 4.36. The molecule has 2 aliphatic heterocycles. The molecule has 0 saturated carbocycles. The maximum absolute atomic E-state index is 5.94. The third-order valence-corrected chi connectivity index (χ3v) is 5.96. The highest BCUT2D eigenvalue weighted by molar-refractivity contribution is 6.22. The van der Waals surface area contributed by atoms with E-state index in [1.807, 2.05) is 12.3 Å². The molecule has 3 N–H and O–H groups in total. The van der Waals surface area contributed by atoms with Crippen LogP contribution in [-0.4, -0.2) is 50.6 Å². The van der Waals surface area contributed by atoms with Crippen LogP contribution in [0.3, 0.4) is 0 Å². The molecule has 0 spiro atoms. The van der Waals surface area contributed by atoms with Gasteiger partial charge in [0.1, 0.15) is 11.6 Å². The van der Waals surface area contributed by atoms with Crippen LogP contribution in [0.5, 0.6) is 0 Å². The number of aliphatic imine (C=N–C) groups is 1. The van der Waals surface area contributed by atoms with E-state index < -0.39 is 0 Å². The third-order valence-electron chi connectivity index (χ3n) is 5.96. The van der Waals surface area contributed by atoms with E-state index in [1.165, 1.54) is 12.8 Å². The van der Waals surface area contributed by atoms with Crippen molar-refractivity contribution in [2.24, 2.45) is 10.7 Å². The molecule has 0 atom stereocenters. The summed E-state index contributed by atoms with van der Waals surface area (Å²) in [5, 5.41) is 9.40. The number of aromatic nitrogens is 5. The fraction of sp³-hybridized carbons (Fsp3) is 0.409. The van der Waals surface area contributed by atoms with Crippen molar-refractivity contribution < 1.29 is 0 Å². The molecule has 3 aromatic rings. The topological polar surface area (TPSA) is 110 Å². The summed E-state index contributed by atoms with van der Waals surface area (Å²) in [6.45, 7) is 2.95. The molecule has 0 unspecified atom stereocenters. The molecule has 0 radical (unpaired) electrons. The molecule has 0 amide bonds. The van der Waals surface area contributed by atoms with Crippen molar-refractivity contribution in [1.82, 2.24) is 24.7 Å². The Morgan fingerprint density at radius 3 is 2.74 bits per heavy atom. The Labute approximate surface area is 181 Å². The van der Waals surface area contributed by atoms with Gasteiger partial charge in [-0.05, 0) is 38.2 Å². The molecule has 160 valence electrons. The Morgan fingerprint density at radius 2 is 1.94 bits per heavy atom. The molecule has 1 saturated heterocycles. The number of anilines is 3. The summed E-state index contributed by atoms with van der Waals surface area (Å²) < 4.78 is 2.12. The van der Waals surface area contributed by atoms with E-state index in [-0.39, 0.29) is 0 Å². The smallest absolute Gasteiger partial charge is 0.164 e. The molecule has 0 aromatic carbocycles. The summed E-state index contributed by atoms with van der Waals surface area (Å²) in [5.41, 5.74) is 8.71. The van der Waals surface area contributed by atoms with E-state index in [1.54, 1.807) is 19.4 Å². The molecule has 4 bridgehead atoms. The minimum atomic E-state index is 0.563. The summed E-state index contributed by atoms with van der Waals surface area (Å²) in [4.78, 5) is 20.6. The molecule has 1 fully saturated rings. The lowest BCUT2D eigenvalue weighted by molar-refractivity contribution is 0.578. The van der Waals surface area contributed by atoms with Crippen molar-refractivity contribution >= 4 is 39.6 Å². The normalized spacial score (nSPS) is 19.8. The molecule has 5 heterocycles. The van der Waals surface area contributed by atoms with Crippen LogP contribution in [-0.2, 0) is 6.54 Å². The number of aryl methyl sites for hydroxylation is 1. The first-order valence-electron chi connectivity index (χ1n) is 10.9. The molecule has 9 nitrogen and oxygen atoms in total. The van der Waals surface area contributed by atoms with Gasteiger partial charge in [0.25, 0.3) is 0 Å². The number of rotatable bonds is 1. The van der Waals surface area contributed by atoms with Gasteiger partial charge in [0, 0.05) is 57.1 Å². The molecular formula is C22H27N9. The summed E-state index contributed by atoms with van der Waals surface area (Å²) in [5.74, 6) is 3.00. The number of hydrogen-bond acceptors (Lipinski definition) is 8. The van der Waals surface area contributed by atoms with Crippen LogP contribution in [0.4, 0.5) is 17.5 Å². The van der Waals surface area contributed by atoms with Crippen LogP contribution in [0.2, 0.25) is 0 Å². The first kappa shape index (κ1) is 19.5. The van der Waals surface area contributed by atoms with Crippen LogP contribution in [0.1, 0.15) is 37.9 Å². The van der Waals surface area contributed by atoms with Gasteiger partial charge in [-0.15, -0.1) is 0 Å². The van der Waals surface area contributed by atoms with Crippen LogP contribution in [0.25, 0.3) is 16.5 Å². The average molecular weight is 418 g/mol. The van der Waals surface area contributed by atoms with Gasteiger partial charge >= 0.3 is 0 Å². The number of nitrogens with two attached hydrogens (primary N) is 1. The predicted molar refractivity (Wildman–Crippen MR) is 124 cm³/mol. The molecule has 5 rings (SSSR count). The average Bonchev–Trinajstić information content (AvgIpc) is 3.44. The van der Waals surface area contributed by atoms with Crippen molar-refractivity contribution in [3.63, 3.8) is 0 Å². The van der Waals surface area contributed by atoms with E-state index in [0.29, 0.717) is 11.6 Å². The van der Waals surface area contributed by atoms with Gasteiger partial charge in [0.15, 0.2) is 11.6 Å². The van der Waals surface area contributed by atoms with Gasteiger partial charge in [-0.2, -0.15) is 5.10 Å². The van der Waals surface area contributed by atoms with Crippen molar-refractivity contribution in [2.75, 3.05) is 30.4 Å². The van der Waals surface area contributed by atoms with Crippen LogP contribution in [0, 0.1) is 0 Å². The van der Waals surface area contributed by atoms with Crippen LogP contribution >= 0.6 is 0 Å². The Bertz CT molecular complexity index is 1150. The molecular weight excluding hydrogens is 390 g/mol. The Hall–Kier alpha value is -3.49. The SMILES string of the molecule is CN=C1CCCCn2nc(N3CCCC3)c3cnc(cc32)Nc2ccnc(n2)/C1=C/N. The zero-order chi connectivity index (χ0) is 21.2. The van der Waals surface area contributed by atoms with Crippen molar-refractivity contribution in [2.45, 2.75) is 38.6 Å². The Kier molecular flexibility index (Phi) is 5.23. The largest absolute Gasteiger partial charge is 0.404 e. The minimum absolute atomic E-state index is 0.563. The first-order chi connectivity index (χ1) is 15.3. The van der Waals surface area contributed by atoms with Gasteiger partial charge in [-0.1, -0.05) is 0 Å². The zero-order valence-corrected chi connectivity index (χ0v) is 17.8. The number of pyridine rings is 1. The van der Waals surface area contributed by atoms with Crippen molar-refractivity contribution in [3.05, 3.63) is 36.6 Å². The van der Waals surface area contributed by atoms with E-state index in [0.717, 1.165) is 72.7 Å². The third kappa shape index (κ3) is 3.71. The minimum Gasteiger partial charge on any atom is -0.404 e. The monoisotopic (exact) mass is 417 g/mol. The maximum atomic E-state index is 5.94. The molecule has 31 heavy (non-hydrogen) atoms. The van der Waals surface area contributed by atoms with E-state index in [4.69, 9.17) is 10.8 Å². The lowest BCUT2D eigenvalue weighted by Crippen LogP contribution is -2.18. The maximum Gasteiger partial charge on any atom is 0.164 e. The van der Waals surface area contributed by atoms with Gasteiger partial charge in [0.05, 0.1) is 16.5 Å². The highest BCUT2D eigenvalue weighted by atomic mass is 15.4. The van der Waals surface area contributed by atoms with Gasteiger partial charge in [0.2, 0.25) is 0 Å². The number of fused-ring (bicyclic) bond motifs is 3. The summed E-state index contributed by atoms with van der Waals surface area (Å²) >= 11 is 0. The Morgan fingerprint density at radius 1 is 1.10 bits per heavy atom. The standard InChI is InChI=1S/C22H27N9/c1-24-17-6-2-3-11-31-18-12-20(27-19-7-8-25-21(28-19)15(17)13-23)26-14-16(18)22(29-31)30-9-4-5-10-30/h7-8,12-14H,2-6,9-11,23H2,1H3,(H,25,26,27,28)/b15-13+,24-17?. The van der Waals surface area contributed by atoms with E-state index in [2.05, 4.69) is 40.9 Å².